The van der Waals surface area contributed by atoms with E-state index in [1.807, 2.05) is 4.90 Å². The fraction of sp³-hybridized carbons (Fsp3) is 1.00. The fourth-order valence-corrected chi connectivity index (χ4v) is 0.902. The molecule has 66 valence electrons. The van der Waals surface area contributed by atoms with E-state index in [1.54, 1.807) is 0 Å². The van der Waals surface area contributed by atoms with Gasteiger partial charge in [0, 0.05) is 13.1 Å². The molecule has 0 bridgehead atoms. The Morgan fingerprint density at radius 3 is 2.50 bits per heavy atom. The van der Waals surface area contributed by atoms with E-state index in [1.165, 1.54) is 0 Å². The maximum absolute atomic E-state index is 8.36. The number of ether oxygens (including phenoxy) is 1. The second-order valence-electron chi connectivity index (χ2n) is 2.35. The molecule has 12 heavy (non-hydrogen) atoms. The first-order valence-electron chi connectivity index (χ1n) is 3.57. The van der Waals surface area contributed by atoms with Crippen molar-refractivity contribution in [2.45, 2.75) is 0 Å². The van der Waals surface area contributed by atoms with Crippen molar-refractivity contribution in [2.24, 2.45) is 0 Å². The molecule has 1 fully saturated rings. The minimum atomic E-state index is -1.67. The summed E-state index contributed by atoms with van der Waals surface area (Å²) in [6.07, 6.45) is 0. The van der Waals surface area contributed by atoms with Gasteiger partial charge in [-0.15, -0.1) is 0 Å². The first kappa shape index (κ1) is 13.5. The van der Waals surface area contributed by atoms with Crippen molar-refractivity contribution in [2.75, 3.05) is 33.0 Å². The largest absolute Gasteiger partial charge is 1.00 e. The van der Waals surface area contributed by atoms with Crippen LogP contribution in [-0.2, 0) is 9.39 Å². The molecule has 1 aliphatic rings. The molecule has 2 N–H and O–H groups in total. The smallest absolute Gasteiger partial charge is 1.00 e. The van der Waals surface area contributed by atoms with Crippen molar-refractivity contribution in [1.82, 2.24) is 4.90 Å². The van der Waals surface area contributed by atoms with Crippen LogP contribution >= 0.6 is 0 Å². The topological polar surface area (TPSA) is 62.2 Å². The summed E-state index contributed by atoms with van der Waals surface area (Å²) in [6.45, 7) is 3.19. The van der Waals surface area contributed by atoms with Gasteiger partial charge in [-0.2, -0.15) is 0 Å². The number of rotatable bonds is 3. The Balaban J connectivity index is 0. The first-order chi connectivity index (χ1) is 5.29. The van der Waals surface area contributed by atoms with Crippen molar-refractivity contribution in [3.63, 3.8) is 0 Å². The summed E-state index contributed by atoms with van der Waals surface area (Å²) in [7, 11) is -1.67. The van der Waals surface area contributed by atoms with Gasteiger partial charge in [-0.05, 0) is 0 Å². The number of morpholine rings is 1. The summed E-state index contributed by atoms with van der Waals surface area (Å²) >= 11 is 0. The molecule has 0 aromatic carbocycles. The zero-order chi connectivity index (χ0) is 8.10. The molecule has 0 aromatic rings. The average Bonchev–Trinajstić information content (AvgIpc) is 2.03. The molecule has 0 spiro atoms. The van der Waals surface area contributed by atoms with Gasteiger partial charge < -0.3 is 20.9 Å². The van der Waals surface area contributed by atoms with Crippen LogP contribution in [0.1, 0.15) is 1.43 Å². The Bertz CT molecular complexity index is 117. The van der Waals surface area contributed by atoms with Gasteiger partial charge in [0.25, 0.3) is 0 Å². The van der Waals surface area contributed by atoms with E-state index in [0.717, 1.165) is 13.1 Å². The van der Waals surface area contributed by atoms with Gasteiger partial charge in [0.05, 0.1) is 19.9 Å². The van der Waals surface area contributed by atoms with E-state index in [4.69, 9.17) is 14.8 Å². The monoisotopic (exact) mass is 201 g/mol. The summed E-state index contributed by atoms with van der Waals surface area (Å²) in [5.41, 5.74) is 0. The molecule has 1 heterocycles. The summed E-state index contributed by atoms with van der Waals surface area (Å²) in [6, 6.07) is 0. The predicted molar refractivity (Wildman–Crippen MR) is 39.6 cm³/mol. The van der Waals surface area contributed by atoms with E-state index in [-0.39, 0.29) is 59.5 Å². The molecule has 0 amide bonds. The Kier molecular flexibility index (Phi) is 8.85. The maximum atomic E-state index is 8.36. The average molecular weight is 201 g/mol. The second kappa shape index (κ2) is 7.86. The number of hydrogen-bond acceptors (Lipinski definition) is 5. The van der Waals surface area contributed by atoms with Crippen LogP contribution in [0.4, 0.5) is 0 Å². The van der Waals surface area contributed by atoms with Gasteiger partial charge in [0.15, 0.2) is 0 Å². The molecule has 0 atom stereocenters. The van der Waals surface area contributed by atoms with Crippen LogP contribution in [0.25, 0.3) is 0 Å². The van der Waals surface area contributed by atoms with Crippen molar-refractivity contribution < 1.29 is 72.3 Å². The molecule has 0 unspecified atom stereocenters. The van der Waals surface area contributed by atoms with E-state index in [2.05, 4.69) is 4.65 Å². The zero-order valence-corrected chi connectivity index (χ0v) is 10.4. The minimum absolute atomic E-state index is 0. The van der Waals surface area contributed by atoms with E-state index >= 15 is 0 Å². The van der Waals surface area contributed by atoms with Crippen LogP contribution in [0, 0.1) is 0 Å². The van der Waals surface area contributed by atoms with E-state index < -0.39 is 7.32 Å². The third-order valence-corrected chi connectivity index (χ3v) is 1.51. The summed E-state index contributed by atoms with van der Waals surface area (Å²) in [5.74, 6) is 0. The number of nitrogens with zero attached hydrogens (tertiary/aromatic N) is 1. The number of hydrogen-bond donors (Lipinski definition) is 2. The molecule has 1 saturated heterocycles. The van der Waals surface area contributed by atoms with Crippen LogP contribution in [-0.4, -0.2) is 55.3 Å². The summed E-state index contributed by atoms with van der Waals surface area (Å²) < 4.78 is 9.65. The molecule has 1 rings (SSSR count). The van der Waals surface area contributed by atoms with Crippen molar-refractivity contribution in [1.29, 1.82) is 0 Å². The molecule has 7 heteroatoms. The van der Waals surface area contributed by atoms with Crippen LogP contribution in [0.2, 0.25) is 0 Å². The van der Waals surface area contributed by atoms with Gasteiger partial charge in [0.1, 0.15) is 0 Å². The van der Waals surface area contributed by atoms with Crippen molar-refractivity contribution in [3.05, 3.63) is 0 Å². The summed E-state index contributed by atoms with van der Waals surface area (Å²) in [5, 5.41) is 16.7. The molecule has 0 aromatic heterocycles. The van der Waals surface area contributed by atoms with Crippen LogP contribution in [0.3, 0.4) is 0 Å². The molecule has 5 nitrogen and oxygen atoms in total. The van der Waals surface area contributed by atoms with Gasteiger partial charge in [-0.3, -0.25) is 4.90 Å². The van der Waals surface area contributed by atoms with Crippen molar-refractivity contribution in [3.8, 4) is 0 Å². The SMILES string of the molecule is OB(O)OCN1CCOCC1.[H-].[K+]. The fourth-order valence-electron chi connectivity index (χ4n) is 0.902. The minimum Gasteiger partial charge on any atom is -1.00 e. The van der Waals surface area contributed by atoms with Gasteiger partial charge >= 0.3 is 58.7 Å². The summed E-state index contributed by atoms with van der Waals surface area (Å²) in [4.78, 5) is 1.95. The van der Waals surface area contributed by atoms with Gasteiger partial charge in [0.2, 0.25) is 0 Å². The Hall–Kier alpha value is 1.50. The molecular formula is C5H13BKNO4. The van der Waals surface area contributed by atoms with Crippen molar-refractivity contribution >= 4 is 7.32 Å². The predicted octanol–water partition coefficient (Wildman–Crippen LogP) is -4.62. The molecule has 0 aliphatic carbocycles. The second-order valence-corrected chi connectivity index (χ2v) is 2.35. The van der Waals surface area contributed by atoms with Crippen LogP contribution in [0.5, 0.6) is 0 Å². The molecule has 0 radical (unpaired) electrons. The Morgan fingerprint density at radius 2 is 2.00 bits per heavy atom. The first-order valence-corrected chi connectivity index (χ1v) is 3.57. The third-order valence-electron chi connectivity index (χ3n) is 1.51. The van der Waals surface area contributed by atoms with E-state index in [0.29, 0.717) is 13.2 Å². The Labute approximate surface area is 116 Å². The third kappa shape index (κ3) is 6.03. The maximum Gasteiger partial charge on any atom is 1.00 e. The quantitative estimate of drug-likeness (QED) is 0.450. The van der Waals surface area contributed by atoms with E-state index in [9.17, 15) is 0 Å². The van der Waals surface area contributed by atoms with Crippen LogP contribution in [0.15, 0.2) is 0 Å². The normalized spacial score (nSPS) is 18.5. The zero-order valence-electron chi connectivity index (χ0n) is 8.27. The van der Waals surface area contributed by atoms with Gasteiger partial charge in [-0.1, -0.05) is 0 Å². The Morgan fingerprint density at radius 1 is 1.42 bits per heavy atom. The standard InChI is InChI=1S/C5H12BNO4.K.H/c8-6(9)11-5-7-1-3-10-4-2-7;;/h8-9H,1-5H2;;/q;+1;-1. The molecule has 0 saturated carbocycles. The molecule has 1 aliphatic heterocycles. The molecular weight excluding hydrogens is 188 g/mol. The van der Waals surface area contributed by atoms with Gasteiger partial charge in [-0.25, -0.2) is 0 Å². The van der Waals surface area contributed by atoms with Crippen LogP contribution < -0.4 is 51.4 Å².